The van der Waals surface area contributed by atoms with Crippen LogP contribution in [0.3, 0.4) is 0 Å². The number of aromatic nitrogens is 4. The number of para-hydroxylation sites is 1. The Hall–Kier alpha value is -3.46. The molecule has 1 aromatic heterocycles. The number of carbonyl (C=O) groups excluding carboxylic acids is 1. The molecule has 9 heteroatoms. The highest BCUT2D eigenvalue weighted by molar-refractivity contribution is 5.82. The first-order valence-electron chi connectivity index (χ1n) is 11.7. The molecular formula is C25H27N5O4. The van der Waals surface area contributed by atoms with Gasteiger partial charge in [-0.3, -0.25) is 4.79 Å². The predicted octanol–water partition coefficient (Wildman–Crippen LogP) is 3.04. The van der Waals surface area contributed by atoms with Gasteiger partial charge in [-0.05, 0) is 73.0 Å². The first-order chi connectivity index (χ1) is 16.5. The van der Waals surface area contributed by atoms with E-state index in [1.165, 1.54) is 11.8 Å². The van der Waals surface area contributed by atoms with E-state index in [9.17, 15) is 9.90 Å². The van der Waals surface area contributed by atoms with Crippen LogP contribution in [0, 0.1) is 5.92 Å². The molecule has 2 fully saturated rings. The average molecular weight is 462 g/mol. The molecule has 2 aliphatic carbocycles. The second-order valence-corrected chi connectivity index (χ2v) is 9.62. The SMILES string of the molecule is COc1c(Oc2nnnn2-c2ccccc2)cc2c(c1O)[C@]13CCN(C)[C@@H](C2)[C@H]1CCC(=O)C3. The number of benzene rings is 2. The van der Waals surface area contributed by atoms with Crippen molar-refractivity contribution in [1.82, 2.24) is 25.1 Å². The van der Waals surface area contributed by atoms with Crippen LogP contribution in [0.1, 0.15) is 36.8 Å². The first kappa shape index (κ1) is 21.1. The zero-order chi connectivity index (χ0) is 23.4. The predicted molar refractivity (Wildman–Crippen MR) is 123 cm³/mol. The highest BCUT2D eigenvalue weighted by Crippen LogP contribution is 2.60. The Morgan fingerprint density at radius 3 is 2.85 bits per heavy atom. The molecular weight excluding hydrogens is 434 g/mol. The second kappa shape index (κ2) is 7.80. The van der Waals surface area contributed by atoms with Gasteiger partial charge in [-0.2, -0.15) is 4.68 Å². The summed E-state index contributed by atoms with van der Waals surface area (Å²) < 4.78 is 13.3. The van der Waals surface area contributed by atoms with Crippen LogP contribution < -0.4 is 9.47 Å². The van der Waals surface area contributed by atoms with E-state index in [1.807, 2.05) is 36.4 Å². The molecule has 0 amide bonds. The van der Waals surface area contributed by atoms with Gasteiger partial charge in [0.2, 0.25) is 5.75 Å². The Morgan fingerprint density at radius 1 is 1.24 bits per heavy atom. The maximum Gasteiger partial charge on any atom is 0.346 e. The minimum Gasteiger partial charge on any atom is -0.504 e. The largest absolute Gasteiger partial charge is 0.504 e. The number of phenols is 1. The van der Waals surface area contributed by atoms with E-state index in [2.05, 4.69) is 27.5 Å². The highest BCUT2D eigenvalue weighted by Gasteiger charge is 2.56. The zero-order valence-corrected chi connectivity index (χ0v) is 19.3. The topological polar surface area (TPSA) is 103 Å². The molecule has 176 valence electrons. The summed E-state index contributed by atoms with van der Waals surface area (Å²) in [5.74, 6) is 1.27. The number of piperidine rings is 1. The average Bonchev–Trinajstić information content (AvgIpc) is 3.30. The summed E-state index contributed by atoms with van der Waals surface area (Å²) in [7, 11) is 3.67. The smallest absolute Gasteiger partial charge is 0.346 e. The number of fused-ring (bicyclic) bond motifs is 1. The van der Waals surface area contributed by atoms with Crippen molar-refractivity contribution in [2.45, 2.75) is 43.6 Å². The number of ketones is 1. The van der Waals surface area contributed by atoms with E-state index in [0.29, 0.717) is 30.6 Å². The maximum atomic E-state index is 12.6. The number of rotatable bonds is 4. The standard InChI is InChI=1S/C25H27N5O4/c1-29-11-10-25-14-17(31)8-9-18(25)19(29)12-15-13-20(23(33-2)22(32)21(15)25)34-24-26-27-28-30(24)16-6-4-3-5-7-16/h3-7,13,18-19,32H,8-12,14H2,1-2H3/t18-,19+,25+/m1/s1. The van der Waals surface area contributed by atoms with Gasteiger partial charge in [0, 0.05) is 29.9 Å². The van der Waals surface area contributed by atoms with Gasteiger partial charge in [0.1, 0.15) is 5.78 Å². The monoisotopic (exact) mass is 461 g/mol. The third-order valence-electron chi connectivity index (χ3n) is 7.97. The fourth-order valence-corrected chi connectivity index (χ4v) is 6.51. The van der Waals surface area contributed by atoms with Crippen molar-refractivity contribution in [1.29, 1.82) is 0 Å². The summed E-state index contributed by atoms with van der Waals surface area (Å²) >= 11 is 0. The lowest BCUT2D eigenvalue weighted by atomic mass is 9.52. The lowest BCUT2D eigenvalue weighted by molar-refractivity contribution is -0.126. The first-order valence-corrected chi connectivity index (χ1v) is 11.7. The Kier molecular flexibility index (Phi) is 4.84. The van der Waals surface area contributed by atoms with Crippen molar-refractivity contribution in [3.63, 3.8) is 0 Å². The Morgan fingerprint density at radius 2 is 2.06 bits per heavy atom. The van der Waals surface area contributed by atoms with Gasteiger partial charge in [0.05, 0.1) is 12.8 Å². The number of nitrogens with zero attached hydrogens (tertiary/aromatic N) is 5. The molecule has 2 bridgehead atoms. The Balaban J connectivity index is 1.47. The molecule has 1 aliphatic heterocycles. The van der Waals surface area contributed by atoms with E-state index in [-0.39, 0.29) is 28.7 Å². The third kappa shape index (κ3) is 3.03. The summed E-state index contributed by atoms with van der Waals surface area (Å²) in [5.41, 5.74) is 2.25. The van der Waals surface area contributed by atoms with Crippen molar-refractivity contribution in [2.75, 3.05) is 20.7 Å². The van der Waals surface area contributed by atoms with Gasteiger partial charge in [-0.15, -0.1) is 0 Å². The molecule has 3 aromatic rings. The van der Waals surface area contributed by atoms with Gasteiger partial charge >= 0.3 is 6.01 Å². The molecule has 34 heavy (non-hydrogen) atoms. The van der Waals surface area contributed by atoms with Crippen LogP contribution in [0.2, 0.25) is 0 Å². The van der Waals surface area contributed by atoms with Crippen LogP contribution in [0.25, 0.3) is 5.69 Å². The fourth-order valence-electron chi connectivity index (χ4n) is 6.51. The van der Waals surface area contributed by atoms with Crippen LogP contribution in [0.15, 0.2) is 36.4 Å². The van der Waals surface area contributed by atoms with Gasteiger partial charge < -0.3 is 19.5 Å². The van der Waals surface area contributed by atoms with Crippen LogP contribution in [0.5, 0.6) is 23.3 Å². The molecule has 9 nitrogen and oxygen atoms in total. The number of aromatic hydroxyl groups is 1. The number of likely N-dealkylation sites (N-methyl/N-ethyl adjacent to an activating group) is 1. The normalized spacial score (nSPS) is 26.0. The van der Waals surface area contributed by atoms with Crippen molar-refractivity contribution in [3.8, 4) is 28.9 Å². The molecule has 6 rings (SSSR count). The molecule has 2 heterocycles. The number of hydrogen-bond acceptors (Lipinski definition) is 8. The number of carbonyl (C=O) groups is 1. The van der Waals surface area contributed by atoms with E-state index in [0.717, 1.165) is 42.6 Å². The highest BCUT2D eigenvalue weighted by atomic mass is 16.5. The third-order valence-corrected chi connectivity index (χ3v) is 7.97. The molecule has 1 N–H and O–H groups in total. The van der Waals surface area contributed by atoms with Gasteiger partial charge in [-0.25, -0.2) is 0 Å². The van der Waals surface area contributed by atoms with E-state index < -0.39 is 0 Å². The maximum absolute atomic E-state index is 12.6. The fraction of sp³-hybridized carbons (Fsp3) is 0.440. The molecule has 2 aromatic carbocycles. The van der Waals surface area contributed by atoms with Crippen LogP contribution in [0.4, 0.5) is 0 Å². The van der Waals surface area contributed by atoms with Crippen molar-refractivity contribution in [3.05, 3.63) is 47.5 Å². The number of likely N-dealkylation sites (tertiary alicyclic amines) is 1. The van der Waals surface area contributed by atoms with Crippen molar-refractivity contribution >= 4 is 5.78 Å². The number of methoxy groups -OCH3 is 1. The summed E-state index contributed by atoms with van der Waals surface area (Å²) in [6.07, 6.45) is 3.57. The molecule has 3 atom stereocenters. The molecule has 1 saturated carbocycles. The zero-order valence-electron chi connectivity index (χ0n) is 19.3. The number of ether oxygens (including phenoxy) is 2. The number of Topliss-reactive ketones (excluding diaryl/α,β-unsaturated/α-hetero) is 1. The van der Waals surface area contributed by atoms with Crippen LogP contribution >= 0.6 is 0 Å². The van der Waals surface area contributed by atoms with Gasteiger partial charge in [0.25, 0.3) is 0 Å². The minimum absolute atomic E-state index is 0.0661. The molecule has 3 aliphatic rings. The van der Waals surface area contributed by atoms with Gasteiger partial charge in [0.15, 0.2) is 11.5 Å². The molecule has 1 saturated heterocycles. The second-order valence-electron chi connectivity index (χ2n) is 9.62. The summed E-state index contributed by atoms with van der Waals surface area (Å²) in [6.45, 7) is 0.903. The summed E-state index contributed by atoms with van der Waals surface area (Å²) in [4.78, 5) is 15.0. The Labute approximate surface area is 197 Å². The molecule has 0 radical (unpaired) electrons. The Bertz CT molecular complexity index is 1260. The number of phenolic OH excluding ortho intramolecular Hbond substituents is 1. The number of tetrazole rings is 1. The number of hydrogen-bond donors (Lipinski definition) is 1. The lowest BCUT2D eigenvalue weighted by Gasteiger charge is -2.58. The molecule has 0 spiro atoms. The van der Waals surface area contributed by atoms with E-state index in [1.54, 1.807) is 0 Å². The summed E-state index contributed by atoms with van der Waals surface area (Å²) in [6, 6.07) is 11.9. The van der Waals surface area contributed by atoms with Crippen molar-refractivity contribution < 1.29 is 19.4 Å². The van der Waals surface area contributed by atoms with Crippen LogP contribution in [-0.4, -0.2) is 62.7 Å². The van der Waals surface area contributed by atoms with E-state index in [4.69, 9.17) is 9.47 Å². The molecule has 0 unspecified atom stereocenters. The summed E-state index contributed by atoms with van der Waals surface area (Å²) in [5, 5.41) is 23.4. The van der Waals surface area contributed by atoms with E-state index >= 15 is 0 Å². The quantitative estimate of drug-likeness (QED) is 0.633. The lowest BCUT2D eigenvalue weighted by Crippen LogP contribution is -2.60. The van der Waals surface area contributed by atoms with Gasteiger partial charge in [-0.1, -0.05) is 23.3 Å². The minimum atomic E-state index is -0.360. The van der Waals surface area contributed by atoms with Crippen LogP contribution in [-0.2, 0) is 16.6 Å². The van der Waals surface area contributed by atoms with Crippen molar-refractivity contribution in [2.24, 2.45) is 5.92 Å².